The smallest absolute Gasteiger partial charge is 0.420 e. The van der Waals surface area contributed by atoms with E-state index in [9.17, 15) is 23.1 Å². The van der Waals surface area contributed by atoms with Crippen LogP contribution >= 0.6 is 0 Å². The molecule has 5 nitrogen and oxygen atoms in total. The van der Waals surface area contributed by atoms with Crippen LogP contribution in [0.5, 0.6) is 5.75 Å². The highest BCUT2D eigenvalue weighted by molar-refractivity contribution is 5.85. The number of hydrogen-bond donors (Lipinski definition) is 1. The van der Waals surface area contributed by atoms with Crippen LogP contribution in [0.2, 0.25) is 0 Å². The minimum atomic E-state index is -4.55. The van der Waals surface area contributed by atoms with Gasteiger partial charge in [0.2, 0.25) is 0 Å². The number of rotatable bonds is 5. The second kappa shape index (κ2) is 9.26. The number of benzene rings is 1. The summed E-state index contributed by atoms with van der Waals surface area (Å²) in [7, 11) is 0. The van der Waals surface area contributed by atoms with Crippen molar-refractivity contribution < 1.29 is 27.8 Å². The second-order valence-electron chi connectivity index (χ2n) is 10.8. The topological polar surface area (TPSA) is 62.7 Å². The zero-order valence-corrected chi connectivity index (χ0v) is 20.2. The Kier molecular flexibility index (Phi) is 6.45. The van der Waals surface area contributed by atoms with Crippen molar-refractivity contribution in [1.82, 2.24) is 9.88 Å². The number of nitrogens with zero attached hydrogens (tertiary/aromatic N) is 2. The Morgan fingerprint density at radius 2 is 1.71 bits per heavy atom. The summed E-state index contributed by atoms with van der Waals surface area (Å²) in [5.74, 6) is -0.580. The van der Waals surface area contributed by atoms with Gasteiger partial charge in [0.1, 0.15) is 11.3 Å². The van der Waals surface area contributed by atoms with E-state index in [-0.39, 0.29) is 41.3 Å². The lowest BCUT2D eigenvalue weighted by Gasteiger charge is -2.41. The summed E-state index contributed by atoms with van der Waals surface area (Å²) >= 11 is 0. The van der Waals surface area contributed by atoms with Gasteiger partial charge in [-0.25, -0.2) is 0 Å². The maximum atomic E-state index is 14.2. The van der Waals surface area contributed by atoms with Gasteiger partial charge in [0, 0.05) is 23.5 Å². The third-order valence-electron chi connectivity index (χ3n) is 8.41. The Morgan fingerprint density at radius 1 is 1.06 bits per heavy atom. The van der Waals surface area contributed by atoms with Crippen molar-refractivity contribution in [3.8, 4) is 5.75 Å². The maximum Gasteiger partial charge on any atom is 0.420 e. The summed E-state index contributed by atoms with van der Waals surface area (Å²) in [5, 5.41) is 9.52. The molecule has 2 bridgehead atoms. The molecule has 1 aromatic carbocycles. The molecule has 5 rings (SSSR count). The number of hydrogen-bond acceptors (Lipinski definition) is 4. The Labute approximate surface area is 203 Å². The molecule has 0 radical (unpaired) electrons. The first-order valence-corrected chi connectivity index (χ1v) is 12.8. The van der Waals surface area contributed by atoms with Gasteiger partial charge < -0.3 is 9.84 Å². The molecule has 3 heterocycles. The SMILES string of the molecule is CC(c1ccc2c(C(F)(F)F)c(O[C@H]3CC[C@@H](C)CC3)ccc2n1)N1C2CCC1CC(C(=O)O)C2. The van der Waals surface area contributed by atoms with Crippen LogP contribution in [0.4, 0.5) is 13.2 Å². The number of aliphatic carboxylic acids is 1. The highest BCUT2D eigenvalue weighted by Gasteiger charge is 2.45. The van der Waals surface area contributed by atoms with Gasteiger partial charge in [-0.2, -0.15) is 13.2 Å². The van der Waals surface area contributed by atoms with Crippen molar-refractivity contribution in [3.05, 3.63) is 35.5 Å². The summed E-state index contributed by atoms with van der Waals surface area (Å²) in [6, 6.07) is 6.51. The van der Waals surface area contributed by atoms with Gasteiger partial charge in [0.15, 0.2) is 0 Å². The van der Waals surface area contributed by atoms with Crippen molar-refractivity contribution in [3.63, 3.8) is 0 Å². The van der Waals surface area contributed by atoms with Gasteiger partial charge in [-0.05, 0) is 82.4 Å². The number of pyridine rings is 1. The molecular formula is C27H33F3N2O3. The van der Waals surface area contributed by atoms with Gasteiger partial charge in [-0.3, -0.25) is 14.7 Å². The van der Waals surface area contributed by atoms with Crippen molar-refractivity contribution >= 4 is 16.9 Å². The van der Waals surface area contributed by atoms with Crippen LogP contribution in [0.1, 0.15) is 82.5 Å². The lowest BCUT2D eigenvalue weighted by atomic mass is 9.89. The molecule has 1 saturated carbocycles. The van der Waals surface area contributed by atoms with E-state index < -0.39 is 17.7 Å². The summed E-state index contributed by atoms with van der Waals surface area (Å²) in [5.41, 5.74) is 0.271. The molecule has 3 unspecified atom stereocenters. The fourth-order valence-electron chi connectivity index (χ4n) is 6.55. The van der Waals surface area contributed by atoms with E-state index in [1.165, 1.54) is 12.1 Å². The van der Waals surface area contributed by atoms with Gasteiger partial charge in [-0.1, -0.05) is 13.0 Å². The number of carbonyl (C=O) groups is 1. The Hall–Kier alpha value is -2.35. The van der Waals surface area contributed by atoms with Gasteiger partial charge in [0.25, 0.3) is 0 Å². The molecule has 8 heteroatoms. The molecule has 3 atom stereocenters. The number of halogens is 3. The van der Waals surface area contributed by atoms with Crippen LogP contribution in [0, 0.1) is 11.8 Å². The van der Waals surface area contributed by atoms with Crippen LogP contribution in [0.3, 0.4) is 0 Å². The van der Waals surface area contributed by atoms with Crippen molar-refractivity contribution in [2.45, 2.75) is 95.6 Å². The standard InChI is InChI=1S/C27H33F3N2O3/c1-15-3-7-20(8-4-15)35-24-12-11-23-21(25(24)27(28,29)30)9-10-22(31-23)16(2)32-18-5-6-19(32)14-17(13-18)26(33)34/h9-12,15-20H,3-8,13-14H2,1-2H3,(H,33,34)/t15-,16?,17?,18?,19?,20+. The quantitative estimate of drug-likeness (QED) is 0.512. The van der Waals surface area contributed by atoms with E-state index in [2.05, 4.69) is 16.8 Å². The van der Waals surface area contributed by atoms with Crippen LogP contribution in [-0.4, -0.2) is 39.1 Å². The summed E-state index contributed by atoms with van der Waals surface area (Å²) in [6.07, 6.45) is 1.85. The lowest BCUT2D eigenvalue weighted by molar-refractivity contribution is -0.144. The zero-order chi connectivity index (χ0) is 24.9. The number of carboxylic acid groups (broad SMARTS) is 1. The largest absolute Gasteiger partial charge is 0.490 e. The molecule has 2 aliphatic heterocycles. The second-order valence-corrected chi connectivity index (χ2v) is 10.8. The molecule has 35 heavy (non-hydrogen) atoms. The van der Waals surface area contributed by atoms with Gasteiger partial charge in [-0.15, -0.1) is 0 Å². The first-order valence-electron chi connectivity index (χ1n) is 12.8. The number of piperidine rings is 1. The molecule has 1 N–H and O–H groups in total. The number of aromatic nitrogens is 1. The molecule has 0 spiro atoms. The molecule has 2 saturated heterocycles. The van der Waals surface area contributed by atoms with Gasteiger partial charge in [0.05, 0.1) is 23.2 Å². The molecule has 1 aliphatic carbocycles. The number of fused-ring (bicyclic) bond motifs is 3. The van der Waals surface area contributed by atoms with E-state index in [4.69, 9.17) is 4.74 Å². The minimum absolute atomic E-state index is 0.0580. The molecular weight excluding hydrogens is 457 g/mol. The van der Waals surface area contributed by atoms with Crippen LogP contribution < -0.4 is 4.74 Å². The van der Waals surface area contributed by atoms with Crippen molar-refractivity contribution in [2.24, 2.45) is 11.8 Å². The first kappa shape index (κ1) is 24.3. The number of carboxylic acids is 1. The van der Waals surface area contributed by atoms with Crippen LogP contribution in [-0.2, 0) is 11.0 Å². The fourth-order valence-corrected chi connectivity index (χ4v) is 6.55. The summed E-state index contributed by atoms with van der Waals surface area (Å²) < 4.78 is 48.5. The van der Waals surface area contributed by atoms with Crippen molar-refractivity contribution in [2.75, 3.05) is 0 Å². The molecule has 190 valence electrons. The zero-order valence-electron chi connectivity index (χ0n) is 20.2. The minimum Gasteiger partial charge on any atom is -0.490 e. The highest BCUT2D eigenvalue weighted by atomic mass is 19.4. The third-order valence-corrected chi connectivity index (χ3v) is 8.41. The van der Waals surface area contributed by atoms with Crippen LogP contribution in [0.15, 0.2) is 24.3 Å². The van der Waals surface area contributed by atoms with E-state index in [0.29, 0.717) is 30.0 Å². The summed E-state index contributed by atoms with van der Waals surface area (Å²) in [4.78, 5) is 18.5. The van der Waals surface area contributed by atoms with E-state index >= 15 is 0 Å². The molecule has 3 fully saturated rings. The van der Waals surface area contributed by atoms with E-state index in [0.717, 1.165) is 38.5 Å². The maximum absolute atomic E-state index is 14.2. The number of alkyl halides is 3. The molecule has 1 aromatic heterocycles. The van der Waals surface area contributed by atoms with Crippen molar-refractivity contribution in [1.29, 1.82) is 0 Å². The molecule has 3 aliphatic rings. The van der Waals surface area contributed by atoms with E-state index in [1.807, 2.05) is 6.92 Å². The first-order chi connectivity index (χ1) is 16.6. The van der Waals surface area contributed by atoms with Crippen LogP contribution in [0.25, 0.3) is 10.9 Å². The lowest BCUT2D eigenvalue weighted by Crippen LogP contribution is -2.45. The molecule has 0 amide bonds. The Bertz CT molecular complexity index is 1080. The Morgan fingerprint density at radius 3 is 2.31 bits per heavy atom. The van der Waals surface area contributed by atoms with E-state index in [1.54, 1.807) is 12.1 Å². The highest BCUT2D eigenvalue weighted by Crippen LogP contribution is 2.45. The molecule has 2 aromatic rings. The monoisotopic (exact) mass is 490 g/mol. The fraction of sp³-hybridized carbons (Fsp3) is 0.630. The normalized spacial score (nSPS) is 30.4. The summed E-state index contributed by atoms with van der Waals surface area (Å²) in [6.45, 7) is 4.18. The third kappa shape index (κ3) is 4.74. The average Bonchev–Trinajstić information content (AvgIpc) is 3.07. The Balaban J connectivity index is 1.43. The predicted octanol–water partition coefficient (Wildman–Crippen LogP) is 6.60. The predicted molar refractivity (Wildman–Crippen MR) is 126 cm³/mol. The van der Waals surface area contributed by atoms with Gasteiger partial charge >= 0.3 is 12.1 Å². The average molecular weight is 491 g/mol. The number of ether oxygens (including phenoxy) is 1.